The predicted molar refractivity (Wildman–Crippen MR) is 132 cm³/mol. The van der Waals surface area contributed by atoms with Gasteiger partial charge in [0.05, 0.1) is 41.2 Å². The Morgan fingerprint density at radius 3 is 2.79 bits per heavy atom. The quantitative estimate of drug-likeness (QED) is 0.365. The van der Waals surface area contributed by atoms with E-state index in [0.29, 0.717) is 36.1 Å². The largest absolute Gasteiger partial charge is 0.383 e. The van der Waals surface area contributed by atoms with Crippen LogP contribution in [0.1, 0.15) is 35.5 Å². The average Bonchev–Trinajstić information content (AvgIpc) is 3.28. The van der Waals surface area contributed by atoms with Gasteiger partial charge in [0.15, 0.2) is 5.69 Å². The summed E-state index contributed by atoms with van der Waals surface area (Å²) in [4.78, 5) is 30.7. The Morgan fingerprint density at radius 1 is 1.21 bits per heavy atom. The molecule has 176 valence electrons. The van der Waals surface area contributed by atoms with E-state index in [1.165, 1.54) is 12.4 Å². The maximum absolute atomic E-state index is 12.7. The Bertz CT molecular complexity index is 1150. The summed E-state index contributed by atoms with van der Waals surface area (Å²) < 4.78 is 0. The number of hydrogen-bond acceptors (Lipinski definition) is 10. The highest BCUT2D eigenvalue weighted by molar-refractivity contribution is 7.09. The molecule has 34 heavy (non-hydrogen) atoms. The van der Waals surface area contributed by atoms with Crippen LogP contribution in [0.5, 0.6) is 0 Å². The van der Waals surface area contributed by atoms with Gasteiger partial charge >= 0.3 is 0 Å². The minimum absolute atomic E-state index is 0.0735. The predicted octanol–water partition coefficient (Wildman–Crippen LogP) is 3.23. The van der Waals surface area contributed by atoms with E-state index in [1.807, 2.05) is 19.1 Å². The first-order chi connectivity index (χ1) is 16.6. The summed E-state index contributed by atoms with van der Waals surface area (Å²) in [5.41, 5.74) is 4.44. The maximum atomic E-state index is 12.7. The van der Waals surface area contributed by atoms with Gasteiger partial charge in [-0.15, -0.1) is 11.3 Å². The lowest BCUT2D eigenvalue weighted by atomic mass is 10.00. The van der Waals surface area contributed by atoms with Gasteiger partial charge in [0.25, 0.3) is 0 Å². The summed E-state index contributed by atoms with van der Waals surface area (Å²) in [6.07, 6.45) is 7.87. The molecule has 1 atom stereocenters. The van der Waals surface area contributed by atoms with Crippen molar-refractivity contribution in [3.05, 3.63) is 46.4 Å². The van der Waals surface area contributed by atoms with E-state index in [9.17, 15) is 4.79 Å². The molecule has 1 unspecified atom stereocenters. The van der Waals surface area contributed by atoms with Crippen molar-refractivity contribution in [2.24, 2.45) is 5.92 Å². The third-order valence-corrected chi connectivity index (χ3v) is 6.60. The molecule has 1 aliphatic rings. The van der Waals surface area contributed by atoms with Crippen LogP contribution >= 0.6 is 11.3 Å². The smallest absolute Gasteiger partial charge is 0.224 e. The van der Waals surface area contributed by atoms with E-state index in [2.05, 4.69) is 41.2 Å². The minimum Gasteiger partial charge on any atom is -0.383 e. The Labute approximate surface area is 202 Å². The molecule has 3 aromatic rings. The minimum atomic E-state index is -0.0735. The van der Waals surface area contributed by atoms with Crippen molar-refractivity contribution in [2.75, 3.05) is 35.6 Å². The van der Waals surface area contributed by atoms with Crippen molar-refractivity contribution in [3.63, 3.8) is 0 Å². The third kappa shape index (κ3) is 6.46. The standard InChI is InChI=1S/C23H27N9OS/c1-15-20(34-14-30-15)4-5-23(33)31-19-12-29-21(32-22-13-26-17(8-24)11-28-22)7-18(19)27-10-16-3-2-6-25-9-16/h7,11-14,16,25H,2-6,9-10H2,1H3,(H,31,33)(H2,27,28,29,32). The molecule has 0 bridgehead atoms. The lowest BCUT2D eigenvalue weighted by molar-refractivity contribution is -0.116. The third-order valence-electron chi connectivity index (χ3n) is 5.60. The molecule has 0 spiro atoms. The summed E-state index contributed by atoms with van der Waals surface area (Å²) in [6, 6.07) is 3.79. The molecule has 0 saturated carbocycles. The topological polar surface area (TPSA) is 141 Å². The van der Waals surface area contributed by atoms with Crippen molar-refractivity contribution >= 4 is 40.3 Å². The number of nitrogens with one attached hydrogen (secondary N) is 4. The van der Waals surface area contributed by atoms with Gasteiger partial charge in [0, 0.05) is 23.9 Å². The van der Waals surface area contributed by atoms with Gasteiger partial charge in [-0.05, 0) is 45.2 Å². The van der Waals surface area contributed by atoms with Crippen molar-refractivity contribution in [1.29, 1.82) is 5.26 Å². The Hall–Kier alpha value is -3.62. The number of carbonyl (C=O) groups is 1. The number of aromatic nitrogens is 4. The molecule has 3 aromatic heterocycles. The van der Waals surface area contributed by atoms with E-state index in [1.54, 1.807) is 23.0 Å². The zero-order chi connectivity index (χ0) is 23.8. The SMILES string of the molecule is Cc1ncsc1CCC(=O)Nc1cnc(Nc2cnc(C#N)cn2)cc1NCC1CCCNC1. The number of pyridine rings is 1. The maximum Gasteiger partial charge on any atom is 0.224 e. The monoisotopic (exact) mass is 477 g/mol. The summed E-state index contributed by atoms with van der Waals surface area (Å²) >= 11 is 1.57. The number of piperidine rings is 1. The highest BCUT2D eigenvalue weighted by Gasteiger charge is 2.15. The van der Waals surface area contributed by atoms with E-state index >= 15 is 0 Å². The molecule has 0 aromatic carbocycles. The fraction of sp³-hybridized carbons (Fsp3) is 0.391. The number of rotatable bonds is 9. The first-order valence-corrected chi connectivity index (χ1v) is 12.1. The number of aryl methyl sites for hydroxylation is 2. The van der Waals surface area contributed by atoms with Crippen molar-refractivity contribution in [2.45, 2.75) is 32.6 Å². The van der Waals surface area contributed by atoms with Gasteiger partial charge in [-0.25, -0.2) is 19.9 Å². The second kappa shape index (κ2) is 11.5. The Morgan fingerprint density at radius 2 is 2.09 bits per heavy atom. The van der Waals surface area contributed by atoms with Crippen LogP contribution in [0.25, 0.3) is 0 Å². The molecule has 1 fully saturated rings. The van der Waals surface area contributed by atoms with Crippen LogP contribution in [-0.4, -0.2) is 45.5 Å². The number of nitrogens with zero attached hydrogens (tertiary/aromatic N) is 5. The van der Waals surface area contributed by atoms with Gasteiger partial charge in [0.1, 0.15) is 17.7 Å². The number of hydrogen-bond donors (Lipinski definition) is 4. The second-order valence-corrected chi connectivity index (χ2v) is 9.08. The summed E-state index contributed by atoms with van der Waals surface area (Å²) in [5.74, 6) is 1.48. The lowest BCUT2D eigenvalue weighted by Gasteiger charge is -2.24. The Balaban J connectivity index is 1.45. The van der Waals surface area contributed by atoms with Crippen molar-refractivity contribution in [1.82, 2.24) is 25.3 Å². The number of carbonyl (C=O) groups excluding carboxylic acids is 1. The van der Waals surface area contributed by atoms with Crippen molar-refractivity contribution < 1.29 is 4.79 Å². The summed E-state index contributed by atoms with van der Waals surface area (Å²) in [6.45, 7) is 4.78. The summed E-state index contributed by atoms with van der Waals surface area (Å²) in [7, 11) is 0. The zero-order valence-electron chi connectivity index (χ0n) is 19.0. The molecule has 0 aliphatic carbocycles. The molecule has 11 heteroatoms. The van der Waals surface area contributed by atoms with E-state index in [0.717, 1.165) is 48.7 Å². The van der Waals surface area contributed by atoms with E-state index in [-0.39, 0.29) is 11.6 Å². The highest BCUT2D eigenvalue weighted by atomic mass is 32.1. The molecular formula is C23H27N9OS. The molecule has 4 heterocycles. The first-order valence-electron chi connectivity index (χ1n) is 11.2. The van der Waals surface area contributed by atoms with E-state index in [4.69, 9.17) is 5.26 Å². The molecule has 0 radical (unpaired) electrons. The fourth-order valence-electron chi connectivity index (χ4n) is 3.71. The Kier molecular flexibility index (Phi) is 7.95. The molecule has 1 saturated heterocycles. The highest BCUT2D eigenvalue weighted by Crippen LogP contribution is 2.26. The average molecular weight is 478 g/mol. The summed E-state index contributed by atoms with van der Waals surface area (Å²) in [5, 5.41) is 21.9. The fourth-order valence-corrected chi connectivity index (χ4v) is 4.49. The molecule has 4 rings (SSSR count). The van der Waals surface area contributed by atoms with Crippen LogP contribution < -0.4 is 21.3 Å². The van der Waals surface area contributed by atoms with Gasteiger partial charge in [-0.2, -0.15) is 5.26 Å². The van der Waals surface area contributed by atoms with Gasteiger partial charge in [0.2, 0.25) is 5.91 Å². The van der Waals surface area contributed by atoms with Crippen LogP contribution in [-0.2, 0) is 11.2 Å². The van der Waals surface area contributed by atoms with Crippen LogP contribution in [0.3, 0.4) is 0 Å². The van der Waals surface area contributed by atoms with Crippen LogP contribution in [0, 0.1) is 24.2 Å². The second-order valence-electron chi connectivity index (χ2n) is 8.14. The molecule has 10 nitrogen and oxygen atoms in total. The van der Waals surface area contributed by atoms with Gasteiger partial charge < -0.3 is 21.3 Å². The number of thiazole rings is 1. The number of amides is 1. The number of nitriles is 1. The van der Waals surface area contributed by atoms with Crippen molar-refractivity contribution in [3.8, 4) is 6.07 Å². The van der Waals surface area contributed by atoms with Crippen LogP contribution in [0.2, 0.25) is 0 Å². The van der Waals surface area contributed by atoms with Gasteiger partial charge in [-0.3, -0.25) is 4.79 Å². The number of anilines is 4. The normalized spacial score (nSPS) is 15.4. The van der Waals surface area contributed by atoms with Crippen LogP contribution in [0.15, 0.2) is 30.2 Å². The molecule has 1 amide bonds. The molecule has 1 aliphatic heterocycles. The lowest BCUT2D eigenvalue weighted by Crippen LogP contribution is -2.33. The first kappa shape index (κ1) is 23.5. The van der Waals surface area contributed by atoms with Gasteiger partial charge in [-0.1, -0.05) is 0 Å². The molecule has 4 N–H and O–H groups in total. The molecular weight excluding hydrogens is 450 g/mol. The zero-order valence-corrected chi connectivity index (χ0v) is 19.8. The van der Waals surface area contributed by atoms with Crippen LogP contribution in [0.4, 0.5) is 23.0 Å². The van der Waals surface area contributed by atoms with E-state index < -0.39 is 0 Å².